The van der Waals surface area contributed by atoms with Gasteiger partial charge in [-0.1, -0.05) is 60.1 Å². The molecule has 8 nitrogen and oxygen atoms in total. The van der Waals surface area contributed by atoms with Crippen molar-refractivity contribution in [2.75, 3.05) is 24.6 Å². The van der Waals surface area contributed by atoms with Crippen LogP contribution < -0.4 is 14.4 Å². The Hall–Kier alpha value is -4.41. The fourth-order valence-corrected chi connectivity index (χ4v) is 6.80. The zero-order chi connectivity index (χ0) is 30.6. The van der Waals surface area contributed by atoms with Crippen molar-refractivity contribution in [3.05, 3.63) is 113 Å². The van der Waals surface area contributed by atoms with Crippen LogP contribution in [0.1, 0.15) is 11.1 Å². The van der Waals surface area contributed by atoms with Gasteiger partial charge in [-0.05, 0) is 64.7 Å². The number of methoxy groups -OCH3 is 1. The van der Waals surface area contributed by atoms with Gasteiger partial charge in [0, 0.05) is 6.42 Å². The number of hydrogen-bond acceptors (Lipinski definition) is 6. The van der Waals surface area contributed by atoms with Crippen molar-refractivity contribution in [2.45, 2.75) is 23.8 Å². The van der Waals surface area contributed by atoms with E-state index >= 15 is 0 Å². The summed E-state index contributed by atoms with van der Waals surface area (Å²) in [5.41, 5.74) is 3.33. The first-order valence-electron chi connectivity index (χ1n) is 13.4. The summed E-state index contributed by atoms with van der Waals surface area (Å²) in [5, 5.41) is 3.09. The molecule has 0 spiro atoms. The van der Waals surface area contributed by atoms with Crippen molar-refractivity contribution in [3.8, 4) is 16.9 Å². The maximum atomic E-state index is 13.9. The molecule has 0 bridgehead atoms. The van der Waals surface area contributed by atoms with Crippen LogP contribution >= 0.6 is 11.6 Å². The average molecular weight is 623 g/mol. The summed E-state index contributed by atoms with van der Waals surface area (Å²) in [6.07, 6.45) is 0.289. The molecule has 5 rings (SSSR count). The zero-order valence-electron chi connectivity index (χ0n) is 23.1. The second-order valence-corrected chi connectivity index (χ2v) is 12.1. The Bertz CT molecular complexity index is 1750. The van der Waals surface area contributed by atoms with E-state index in [0.717, 1.165) is 16.7 Å². The third-order valence-corrected chi connectivity index (χ3v) is 9.18. The molecule has 1 N–H and O–H groups in total. The van der Waals surface area contributed by atoms with Crippen molar-refractivity contribution < 1.29 is 31.9 Å². The van der Waals surface area contributed by atoms with E-state index in [4.69, 9.17) is 16.3 Å². The first kappa shape index (κ1) is 30.1. The number of para-hydroxylation sites is 1. The SMILES string of the molecule is COC(=O)Cc1ccc(OCCNC(=O)[C@@H]2Cc3ccccc3N2S(=O)(=O)c2ccc(-c3ccc(F)cc3)cc2)c(Cl)c1. The molecule has 222 valence electrons. The topological polar surface area (TPSA) is 102 Å². The van der Waals surface area contributed by atoms with Gasteiger partial charge in [0.25, 0.3) is 10.0 Å². The summed E-state index contributed by atoms with van der Waals surface area (Å²) in [6.45, 7) is 0.186. The third-order valence-electron chi connectivity index (χ3n) is 7.05. The first-order valence-corrected chi connectivity index (χ1v) is 15.2. The second kappa shape index (κ2) is 12.8. The van der Waals surface area contributed by atoms with Crippen molar-refractivity contribution in [1.82, 2.24) is 5.32 Å². The van der Waals surface area contributed by atoms with Gasteiger partial charge in [0.05, 0.1) is 35.7 Å². The molecule has 1 heterocycles. The molecule has 0 fully saturated rings. The highest BCUT2D eigenvalue weighted by atomic mass is 35.5. The van der Waals surface area contributed by atoms with E-state index in [1.807, 2.05) is 0 Å². The standard InChI is InChI=1S/C32H28ClFN2O6S/c1-41-31(37)19-21-6-15-30(27(33)18-21)42-17-16-35-32(38)29-20-24-4-2-3-5-28(24)36(29)43(39,40)26-13-9-23(10-14-26)22-7-11-25(34)12-8-22/h2-15,18,29H,16-17,19-20H2,1H3,(H,35,38)/t29-/m0/s1. The summed E-state index contributed by atoms with van der Waals surface area (Å²) in [6, 6.07) is 23.1. The second-order valence-electron chi connectivity index (χ2n) is 9.84. The molecule has 1 atom stereocenters. The number of carbonyl (C=O) groups excluding carboxylic acids is 2. The number of benzene rings is 4. The van der Waals surface area contributed by atoms with E-state index in [-0.39, 0.29) is 42.7 Å². The van der Waals surface area contributed by atoms with Crippen molar-refractivity contribution in [1.29, 1.82) is 0 Å². The van der Waals surface area contributed by atoms with Gasteiger partial charge >= 0.3 is 5.97 Å². The van der Waals surface area contributed by atoms with Gasteiger partial charge < -0.3 is 14.8 Å². The Morgan fingerprint density at radius 3 is 2.33 bits per heavy atom. The lowest BCUT2D eigenvalue weighted by Gasteiger charge is -2.26. The van der Waals surface area contributed by atoms with Crippen LogP contribution in [0.4, 0.5) is 10.1 Å². The van der Waals surface area contributed by atoms with Gasteiger partial charge in [-0.25, -0.2) is 12.8 Å². The normalized spacial score (nSPS) is 14.2. The summed E-state index contributed by atoms with van der Waals surface area (Å²) < 4.78 is 52.7. The van der Waals surface area contributed by atoms with Crippen LogP contribution in [0.25, 0.3) is 11.1 Å². The van der Waals surface area contributed by atoms with E-state index in [0.29, 0.717) is 22.0 Å². The summed E-state index contributed by atoms with van der Waals surface area (Å²) in [7, 11) is -2.81. The number of halogens is 2. The molecule has 1 aliphatic rings. The smallest absolute Gasteiger partial charge is 0.309 e. The minimum Gasteiger partial charge on any atom is -0.490 e. The van der Waals surface area contributed by atoms with E-state index in [1.165, 1.54) is 35.7 Å². The highest BCUT2D eigenvalue weighted by molar-refractivity contribution is 7.93. The van der Waals surface area contributed by atoms with Crippen LogP contribution in [0.2, 0.25) is 5.02 Å². The number of sulfonamides is 1. The number of carbonyl (C=O) groups is 2. The van der Waals surface area contributed by atoms with Crippen LogP contribution in [-0.2, 0) is 37.2 Å². The molecule has 1 aliphatic heterocycles. The van der Waals surface area contributed by atoms with Crippen LogP contribution in [-0.4, -0.2) is 46.6 Å². The van der Waals surface area contributed by atoms with E-state index in [1.54, 1.807) is 66.7 Å². The lowest BCUT2D eigenvalue weighted by Crippen LogP contribution is -2.48. The predicted molar refractivity (Wildman–Crippen MR) is 161 cm³/mol. The average Bonchev–Trinajstić information content (AvgIpc) is 3.41. The Balaban J connectivity index is 1.27. The molecule has 0 radical (unpaired) electrons. The van der Waals surface area contributed by atoms with E-state index < -0.39 is 22.0 Å². The maximum Gasteiger partial charge on any atom is 0.309 e. The molecule has 4 aromatic carbocycles. The summed E-state index contributed by atoms with van der Waals surface area (Å²) in [5.74, 6) is -0.835. The summed E-state index contributed by atoms with van der Waals surface area (Å²) in [4.78, 5) is 24.9. The highest BCUT2D eigenvalue weighted by Gasteiger charge is 2.42. The largest absolute Gasteiger partial charge is 0.490 e. The van der Waals surface area contributed by atoms with Gasteiger partial charge in [-0.2, -0.15) is 0 Å². The molecule has 43 heavy (non-hydrogen) atoms. The van der Waals surface area contributed by atoms with Crippen LogP contribution in [0.3, 0.4) is 0 Å². The molecule has 0 saturated heterocycles. The zero-order valence-corrected chi connectivity index (χ0v) is 24.7. The molecule has 4 aromatic rings. The van der Waals surface area contributed by atoms with Crippen LogP contribution in [0.5, 0.6) is 5.75 Å². The molecule has 0 aromatic heterocycles. The Morgan fingerprint density at radius 1 is 0.977 bits per heavy atom. The van der Waals surface area contributed by atoms with Gasteiger partial charge in [0.15, 0.2) is 0 Å². The summed E-state index contributed by atoms with van der Waals surface area (Å²) >= 11 is 6.28. The number of nitrogens with one attached hydrogen (secondary N) is 1. The number of rotatable bonds is 10. The minimum absolute atomic E-state index is 0.0292. The molecular weight excluding hydrogens is 595 g/mol. The number of hydrogen-bond donors (Lipinski definition) is 1. The predicted octanol–water partition coefficient (Wildman–Crippen LogP) is 5.18. The van der Waals surface area contributed by atoms with Crippen molar-refractivity contribution >= 4 is 39.2 Å². The number of nitrogens with zero attached hydrogens (tertiary/aromatic N) is 1. The van der Waals surface area contributed by atoms with Crippen LogP contribution in [0, 0.1) is 5.82 Å². The third kappa shape index (κ3) is 6.65. The van der Waals surface area contributed by atoms with E-state index in [2.05, 4.69) is 10.1 Å². The quantitative estimate of drug-likeness (QED) is 0.193. The molecule has 11 heteroatoms. The molecule has 0 unspecified atom stereocenters. The van der Waals surface area contributed by atoms with Gasteiger partial charge in [-0.3, -0.25) is 13.9 Å². The number of anilines is 1. The Kier molecular flexibility index (Phi) is 8.98. The first-order chi connectivity index (χ1) is 20.7. The van der Waals surface area contributed by atoms with Crippen LogP contribution in [0.15, 0.2) is 95.9 Å². The lowest BCUT2D eigenvalue weighted by atomic mass is 10.1. The Labute approximate surface area is 254 Å². The highest BCUT2D eigenvalue weighted by Crippen LogP contribution is 2.37. The minimum atomic E-state index is -4.12. The number of ether oxygens (including phenoxy) is 2. The number of amides is 1. The van der Waals surface area contributed by atoms with Gasteiger partial charge in [-0.15, -0.1) is 0 Å². The fourth-order valence-electron chi connectivity index (χ4n) is 4.89. The Morgan fingerprint density at radius 2 is 1.65 bits per heavy atom. The molecule has 1 amide bonds. The lowest BCUT2D eigenvalue weighted by molar-refractivity contribution is -0.139. The monoisotopic (exact) mass is 622 g/mol. The number of fused-ring (bicyclic) bond motifs is 1. The number of esters is 1. The van der Waals surface area contributed by atoms with E-state index in [9.17, 15) is 22.4 Å². The van der Waals surface area contributed by atoms with Gasteiger partial charge in [0.1, 0.15) is 24.2 Å². The van der Waals surface area contributed by atoms with Gasteiger partial charge in [0.2, 0.25) is 5.91 Å². The molecular formula is C32H28ClFN2O6S. The molecule has 0 aliphatic carbocycles. The molecule has 0 saturated carbocycles. The fraction of sp³-hybridized carbons (Fsp3) is 0.188. The maximum absolute atomic E-state index is 13.9. The van der Waals surface area contributed by atoms with Crippen molar-refractivity contribution in [2.24, 2.45) is 0 Å². The van der Waals surface area contributed by atoms with Crippen molar-refractivity contribution in [3.63, 3.8) is 0 Å².